The van der Waals surface area contributed by atoms with Gasteiger partial charge < -0.3 is 13.7 Å². The lowest BCUT2D eigenvalue weighted by Crippen LogP contribution is -2.10. The fourth-order valence-electron chi connectivity index (χ4n) is 6.36. The number of aromatic nitrogens is 1. The number of furan rings is 1. The highest BCUT2D eigenvalue weighted by Gasteiger charge is 2.21. The summed E-state index contributed by atoms with van der Waals surface area (Å²) in [6.07, 6.45) is 0. The van der Waals surface area contributed by atoms with Crippen molar-refractivity contribution in [2.45, 2.75) is 0 Å². The molecule has 0 fully saturated rings. The molecule has 0 amide bonds. The number of hydrogen-bond donors (Lipinski definition) is 0. The number of fused-ring (bicyclic) bond motifs is 6. The van der Waals surface area contributed by atoms with E-state index in [-0.39, 0.29) is 0 Å². The number of oxazole rings is 1. The van der Waals surface area contributed by atoms with Gasteiger partial charge in [-0.3, -0.25) is 0 Å². The molecule has 0 bridgehead atoms. The smallest absolute Gasteiger partial charge is 0.227 e. The van der Waals surface area contributed by atoms with Gasteiger partial charge in [-0.2, -0.15) is 0 Å². The van der Waals surface area contributed by atoms with Gasteiger partial charge in [-0.1, -0.05) is 97.1 Å². The molecule has 0 saturated carbocycles. The molecule has 0 aliphatic rings. The Morgan fingerprint density at radius 1 is 0.467 bits per heavy atom. The standard InChI is InChI=1S/C41H26N2O2/c1-3-11-27(12-4-1)30-16-9-17-31(25-30)43(32-22-24-38-34(26-32)33-18-7-8-20-37(33)44-38)36-19-10-15-28-21-23-35-40(39(28)36)45-41(42-35)29-13-5-2-6-14-29/h1-26H. The van der Waals surface area contributed by atoms with E-state index in [9.17, 15) is 0 Å². The van der Waals surface area contributed by atoms with Gasteiger partial charge in [0, 0.05) is 27.7 Å². The molecule has 4 heteroatoms. The SMILES string of the molecule is c1ccc(-c2cccc(N(c3ccc4oc5ccccc5c4c3)c3cccc4ccc5nc(-c6ccccc6)oc5c34)c2)cc1. The van der Waals surface area contributed by atoms with Crippen LogP contribution in [0, 0.1) is 0 Å². The van der Waals surface area contributed by atoms with Gasteiger partial charge >= 0.3 is 0 Å². The van der Waals surface area contributed by atoms with Crippen molar-refractivity contribution >= 4 is 60.9 Å². The second-order valence-corrected chi connectivity index (χ2v) is 11.2. The van der Waals surface area contributed by atoms with Crippen LogP contribution >= 0.6 is 0 Å². The molecule has 0 N–H and O–H groups in total. The van der Waals surface area contributed by atoms with Gasteiger partial charge in [-0.15, -0.1) is 0 Å². The summed E-state index contributed by atoms with van der Waals surface area (Å²) in [5.74, 6) is 0.608. The summed E-state index contributed by atoms with van der Waals surface area (Å²) < 4.78 is 12.8. The van der Waals surface area contributed by atoms with Crippen LogP contribution in [0.1, 0.15) is 0 Å². The molecule has 0 unspecified atom stereocenters. The number of anilines is 3. The quantitative estimate of drug-likeness (QED) is 0.204. The molecule has 2 heterocycles. The van der Waals surface area contributed by atoms with Crippen molar-refractivity contribution in [3.05, 3.63) is 158 Å². The molecule has 0 aliphatic carbocycles. The second kappa shape index (κ2) is 10.2. The van der Waals surface area contributed by atoms with Crippen LogP contribution in [0.2, 0.25) is 0 Å². The normalized spacial score (nSPS) is 11.6. The van der Waals surface area contributed by atoms with E-state index >= 15 is 0 Å². The Bertz CT molecular complexity index is 2490. The average molecular weight is 579 g/mol. The number of rotatable bonds is 5. The summed E-state index contributed by atoms with van der Waals surface area (Å²) >= 11 is 0. The predicted molar refractivity (Wildman–Crippen MR) is 184 cm³/mol. The molecule has 7 aromatic carbocycles. The van der Waals surface area contributed by atoms with E-state index in [0.29, 0.717) is 5.89 Å². The van der Waals surface area contributed by atoms with E-state index in [2.05, 4.69) is 108 Å². The monoisotopic (exact) mass is 578 g/mol. The predicted octanol–water partition coefficient (Wildman–Crippen LogP) is 11.7. The highest BCUT2D eigenvalue weighted by molar-refractivity contribution is 6.13. The zero-order valence-corrected chi connectivity index (χ0v) is 24.2. The van der Waals surface area contributed by atoms with Gasteiger partial charge in [0.2, 0.25) is 5.89 Å². The summed E-state index contributed by atoms with van der Waals surface area (Å²) in [6.45, 7) is 0. The van der Waals surface area contributed by atoms with E-state index in [1.165, 1.54) is 5.56 Å². The van der Waals surface area contributed by atoms with Crippen molar-refractivity contribution < 1.29 is 8.83 Å². The molecule has 9 aromatic rings. The fraction of sp³-hybridized carbons (Fsp3) is 0. The first-order valence-corrected chi connectivity index (χ1v) is 15.0. The van der Waals surface area contributed by atoms with Gasteiger partial charge in [-0.05, 0) is 77.2 Å². The zero-order chi connectivity index (χ0) is 29.7. The lowest BCUT2D eigenvalue weighted by atomic mass is 10.0. The molecule has 0 spiro atoms. The minimum absolute atomic E-state index is 0.608. The van der Waals surface area contributed by atoms with Crippen molar-refractivity contribution in [3.63, 3.8) is 0 Å². The van der Waals surface area contributed by atoms with E-state index < -0.39 is 0 Å². The summed E-state index contributed by atoms with van der Waals surface area (Å²) in [4.78, 5) is 7.22. The zero-order valence-electron chi connectivity index (χ0n) is 24.2. The molecule has 212 valence electrons. The molecule has 0 aliphatic heterocycles. The third kappa shape index (κ3) is 4.27. The van der Waals surface area contributed by atoms with Crippen LogP contribution in [-0.4, -0.2) is 4.98 Å². The molecular formula is C41H26N2O2. The van der Waals surface area contributed by atoms with Gasteiger partial charge in [0.25, 0.3) is 0 Å². The molecule has 9 rings (SSSR count). The minimum Gasteiger partial charge on any atom is -0.456 e. The van der Waals surface area contributed by atoms with E-state index in [1.54, 1.807) is 0 Å². The topological polar surface area (TPSA) is 42.4 Å². The fourth-order valence-corrected chi connectivity index (χ4v) is 6.36. The Morgan fingerprint density at radius 3 is 2.04 bits per heavy atom. The van der Waals surface area contributed by atoms with Crippen LogP contribution in [0.25, 0.3) is 66.4 Å². The number of nitrogens with zero attached hydrogens (tertiary/aromatic N) is 2. The maximum atomic E-state index is 6.59. The van der Waals surface area contributed by atoms with Crippen molar-refractivity contribution in [2.75, 3.05) is 4.90 Å². The van der Waals surface area contributed by atoms with Gasteiger partial charge in [0.15, 0.2) is 5.58 Å². The largest absolute Gasteiger partial charge is 0.456 e. The van der Waals surface area contributed by atoms with Gasteiger partial charge in [0.1, 0.15) is 16.7 Å². The lowest BCUT2D eigenvalue weighted by Gasteiger charge is -2.27. The van der Waals surface area contributed by atoms with Crippen LogP contribution in [0.5, 0.6) is 0 Å². The first kappa shape index (κ1) is 25.4. The summed E-state index contributed by atoms with van der Waals surface area (Å²) in [5, 5.41) is 4.25. The molecule has 0 saturated heterocycles. The summed E-state index contributed by atoms with van der Waals surface area (Å²) in [6, 6.07) is 54.5. The Balaban J connectivity index is 1.32. The van der Waals surface area contributed by atoms with E-state index in [4.69, 9.17) is 13.8 Å². The molecule has 45 heavy (non-hydrogen) atoms. The van der Waals surface area contributed by atoms with Crippen LogP contribution in [0.15, 0.2) is 167 Å². The third-order valence-corrected chi connectivity index (χ3v) is 8.47. The molecular weight excluding hydrogens is 552 g/mol. The summed E-state index contributed by atoms with van der Waals surface area (Å²) in [7, 11) is 0. The Kier molecular flexibility index (Phi) is 5.78. The summed E-state index contributed by atoms with van der Waals surface area (Å²) in [5.41, 5.74) is 9.65. The van der Waals surface area contributed by atoms with Crippen molar-refractivity contribution in [1.29, 1.82) is 0 Å². The third-order valence-electron chi connectivity index (χ3n) is 8.47. The first-order chi connectivity index (χ1) is 22.3. The molecule has 0 atom stereocenters. The van der Waals surface area contributed by atoms with Crippen LogP contribution in [-0.2, 0) is 0 Å². The highest BCUT2D eigenvalue weighted by Crippen LogP contribution is 2.44. The maximum Gasteiger partial charge on any atom is 0.227 e. The van der Waals surface area contributed by atoms with Crippen LogP contribution in [0.3, 0.4) is 0 Å². The van der Waals surface area contributed by atoms with Crippen molar-refractivity contribution in [2.24, 2.45) is 0 Å². The minimum atomic E-state index is 0.608. The number of hydrogen-bond acceptors (Lipinski definition) is 4. The average Bonchev–Trinajstić information content (AvgIpc) is 3.71. The van der Waals surface area contributed by atoms with Gasteiger partial charge in [-0.25, -0.2) is 4.98 Å². The van der Waals surface area contributed by atoms with Crippen molar-refractivity contribution in [1.82, 2.24) is 4.98 Å². The maximum absolute atomic E-state index is 6.59. The van der Waals surface area contributed by atoms with Crippen molar-refractivity contribution in [3.8, 4) is 22.6 Å². The lowest BCUT2D eigenvalue weighted by molar-refractivity contribution is 0.623. The highest BCUT2D eigenvalue weighted by atomic mass is 16.3. The Morgan fingerprint density at radius 2 is 1.18 bits per heavy atom. The van der Waals surface area contributed by atoms with E-state index in [0.717, 1.165) is 72.0 Å². The Hall–Kier alpha value is -6.13. The number of para-hydroxylation sites is 1. The van der Waals surface area contributed by atoms with Gasteiger partial charge in [0.05, 0.1) is 11.1 Å². The number of benzene rings is 7. The molecule has 4 nitrogen and oxygen atoms in total. The Labute approximate surface area is 259 Å². The van der Waals surface area contributed by atoms with E-state index in [1.807, 2.05) is 54.6 Å². The van der Waals surface area contributed by atoms with Crippen LogP contribution < -0.4 is 4.90 Å². The molecule has 2 aromatic heterocycles. The molecule has 0 radical (unpaired) electrons. The second-order valence-electron chi connectivity index (χ2n) is 11.2. The van der Waals surface area contributed by atoms with Crippen LogP contribution in [0.4, 0.5) is 17.1 Å². The first-order valence-electron chi connectivity index (χ1n) is 15.0.